The Hall–Kier alpha value is -2.98. The first-order valence-electron chi connectivity index (χ1n) is 6.57. The second-order valence-corrected chi connectivity index (χ2v) is 6.42. The Balaban J connectivity index is 1.98. The zero-order valence-corrected chi connectivity index (χ0v) is 12.5. The average molecular weight is 327 g/mol. The summed E-state index contributed by atoms with van der Waals surface area (Å²) in [5, 5.41) is 9.46. The summed E-state index contributed by atoms with van der Waals surface area (Å²) in [6.45, 7) is 0. The number of rotatable bonds is 3. The Morgan fingerprint density at radius 1 is 1.13 bits per heavy atom. The first-order chi connectivity index (χ1) is 11.0. The van der Waals surface area contributed by atoms with E-state index in [1.807, 2.05) is 0 Å². The maximum absolute atomic E-state index is 13.9. The van der Waals surface area contributed by atoms with Gasteiger partial charge in [0.1, 0.15) is 10.7 Å². The number of halogens is 1. The quantitative estimate of drug-likeness (QED) is 0.801. The van der Waals surface area contributed by atoms with Crippen LogP contribution >= 0.6 is 0 Å². The van der Waals surface area contributed by atoms with Crippen molar-refractivity contribution in [1.82, 2.24) is 4.98 Å². The lowest BCUT2D eigenvalue weighted by atomic mass is 10.2. The smallest absolute Gasteiger partial charge is 0.264 e. The van der Waals surface area contributed by atoms with E-state index in [2.05, 4.69) is 9.71 Å². The lowest BCUT2D eigenvalue weighted by molar-refractivity contribution is 0.570. The van der Waals surface area contributed by atoms with Gasteiger partial charge in [-0.2, -0.15) is 5.26 Å². The molecule has 7 heteroatoms. The number of nitrogens with zero attached hydrogens (tertiary/aromatic N) is 2. The minimum absolute atomic E-state index is 0.0539. The molecule has 0 bridgehead atoms. The Morgan fingerprint density at radius 3 is 2.70 bits per heavy atom. The third kappa shape index (κ3) is 2.98. The Kier molecular flexibility index (Phi) is 3.68. The molecule has 114 valence electrons. The molecule has 0 aliphatic carbocycles. The van der Waals surface area contributed by atoms with Gasteiger partial charge in [-0.15, -0.1) is 0 Å². The van der Waals surface area contributed by atoms with Crippen molar-refractivity contribution in [2.24, 2.45) is 0 Å². The van der Waals surface area contributed by atoms with Crippen molar-refractivity contribution in [3.8, 4) is 6.07 Å². The van der Waals surface area contributed by atoms with Crippen molar-refractivity contribution >= 4 is 26.6 Å². The SMILES string of the molecule is N#Cc1ccc(S(=O)(=O)Nc2ccc3ncccc3c2)c(F)c1. The van der Waals surface area contributed by atoms with E-state index in [0.29, 0.717) is 5.69 Å². The maximum atomic E-state index is 13.9. The highest BCUT2D eigenvalue weighted by Crippen LogP contribution is 2.22. The van der Waals surface area contributed by atoms with Crippen molar-refractivity contribution in [3.05, 3.63) is 66.1 Å². The van der Waals surface area contributed by atoms with Gasteiger partial charge in [0, 0.05) is 17.3 Å². The van der Waals surface area contributed by atoms with Crippen LogP contribution in [0.4, 0.5) is 10.1 Å². The molecule has 0 aliphatic heterocycles. The Morgan fingerprint density at radius 2 is 1.96 bits per heavy atom. The number of hydrogen-bond acceptors (Lipinski definition) is 4. The highest BCUT2D eigenvalue weighted by molar-refractivity contribution is 7.92. The van der Waals surface area contributed by atoms with E-state index in [4.69, 9.17) is 5.26 Å². The predicted octanol–water partition coefficient (Wildman–Crippen LogP) is 3.05. The molecular formula is C16H10FN3O2S. The first-order valence-corrected chi connectivity index (χ1v) is 8.05. The van der Waals surface area contributed by atoms with Gasteiger partial charge in [-0.25, -0.2) is 12.8 Å². The zero-order chi connectivity index (χ0) is 16.4. The van der Waals surface area contributed by atoms with E-state index in [1.165, 1.54) is 6.07 Å². The van der Waals surface area contributed by atoms with Crippen LogP contribution in [0.3, 0.4) is 0 Å². The number of aromatic nitrogens is 1. The van der Waals surface area contributed by atoms with Crippen LogP contribution < -0.4 is 4.72 Å². The van der Waals surface area contributed by atoms with Gasteiger partial charge in [-0.3, -0.25) is 9.71 Å². The van der Waals surface area contributed by atoms with Crippen LogP contribution in [-0.4, -0.2) is 13.4 Å². The normalized spacial score (nSPS) is 11.1. The molecule has 3 aromatic rings. The van der Waals surface area contributed by atoms with E-state index in [1.54, 1.807) is 42.6 Å². The predicted molar refractivity (Wildman–Crippen MR) is 83.7 cm³/mol. The molecule has 23 heavy (non-hydrogen) atoms. The number of nitrogens with one attached hydrogen (secondary N) is 1. The molecule has 0 radical (unpaired) electrons. The average Bonchev–Trinajstić information content (AvgIpc) is 2.54. The highest BCUT2D eigenvalue weighted by atomic mass is 32.2. The van der Waals surface area contributed by atoms with Gasteiger partial charge in [0.25, 0.3) is 10.0 Å². The van der Waals surface area contributed by atoms with Crippen LogP contribution in [0.5, 0.6) is 0 Å². The topological polar surface area (TPSA) is 82.8 Å². The summed E-state index contributed by atoms with van der Waals surface area (Å²) in [6.07, 6.45) is 1.64. The lowest BCUT2D eigenvalue weighted by Crippen LogP contribution is -2.14. The number of hydrogen-bond donors (Lipinski definition) is 1. The van der Waals surface area contributed by atoms with Crippen molar-refractivity contribution in [2.45, 2.75) is 4.90 Å². The molecule has 0 atom stereocenters. The third-order valence-corrected chi connectivity index (χ3v) is 4.62. The molecule has 0 fully saturated rings. The van der Waals surface area contributed by atoms with Crippen LogP contribution in [0, 0.1) is 17.1 Å². The molecule has 5 nitrogen and oxygen atoms in total. The molecular weight excluding hydrogens is 317 g/mol. The van der Waals surface area contributed by atoms with Crippen molar-refractivity contribution in [2.75, 3.05) is 4.72 Å². The molecule has 0 saturated carbocycles. The monoisotopic (exact) mass is 327 g/mol. The van der Waals surface area contributed by atoms with E-state index < -0.39 is 20.7 Å². The third-order valence-electron chi connectivity index (χ3n) is 3.21. The molecule has 1 aromatic heterocycles. The van der Waals surface area contributed by atoms with Gasteiger partial charge in [0.15, 0.2) is 0 Å². The van der Waals surface area contributed by atoms with Gasteiger partial charge >= 0.3 is 0 Å². The Labute approximate surface area is 132 Å². The van der Waals surface area contributed by atoms with E-state index in [-0.39, 0.29) is 5.56 Å². The fraction of sp³-hybridized carbons (Fsp3) is 0. The van der Waals surface area contributed by atoms with Gasteiger partial charge in [0.05, 0.1) is 17.1 Å². The molecule has 2 aromatic carbocycles. The van der Waals surface area contributed by atoms with Gasteiger partial charge < -0.3 is 0 Å². The molecule has 1 heterocycles. The van der Waals surface area contributed by atoms with Crippen LogP contribution in [0.1, 0.15) is 5.56 Å². The van der Waals surface area contributed by atoms with Crippen LogP contribution in [0.15, 0.2) is 59.6 Å². The van der Waals surface area contributed by atoms with Crippen LogP contribution in [-0.2, 0) is 10.0 Å². The fourth-order valence-corrected chi connectivity index (χ4v) is 3.25. The standard InChI is InChI=1S/C16H10FN3O2S/c17-14-8-11(10-18)3-6-16(14)23(21,22)20-13-4-5-15-12(9-13)2-1-7-19-15/h1-9,20H. The van der Waals surface area contributed by atoms with Crippen molar-refractivity contribution < 1.29 is 12.8 Å². The van der Waals surface area contributed by atoms with E-state index >= 15 is 0 Å². The fourth-order valence-electron chi connectivity index (χ4n) is 2.14. The van der Waals surface area contributed by atoms with E-state index in [0.717, 1.165) is 23.0 Å². The maximum Gasteiger partial charge on any atom is 0.264 e. The second kappa shape index (κ2) is 5.66. The van der Waals surface area contributed by atoms with Gasteiger partial charge in [0.2, 0.25) is 0 Å². The summed E-state index contributed by atoms with van der Waals surface area (Å²) in [4.78, 5) is 3.63. The summed E-state index contributed by atoms with van der Waals surface area (Å²) in [7, 11) is -4.09. The first kappa shape index (κ1) is 14.9. The summed E-state index contributed by atoms with van der Waals surface area (Å²) in [5.41, 5.74) is 1.08. The molecule has 0 saturated heterocycles. The largest absolute Gasteiger partial charge is 0.280 e. The molecule has 0 unspecified atom stereocenters. The number of anilines is 1. The summed E-state index contributed by atoms with van der Waals surface area (Å²) < 4.78 is 40.9. The second-order valence-electron chi connectivity index (χ2n) is 4.77. The lowest BCUT2D eigenvalue weighted by Gasteiger charge is -2.09. The van der Waals surface area contributed by atoms with Crippen molar-refractivity contribution in [3.63, 3.8) is 0 Å². The molecule has 0 spiro atoms. The van der Waals surface area contributed by atoms with E-state index in [9.17, 15) is 12.8 Å². The number of sulfonamides is 1. The minimum Gasteiger partial charge on any atom is -0.280 e. The highest BCUT2D eigenvalue weighted by Gasteiger charge is 2.19. The summed E-state index contributed by atoms with van der Waals surface area (Å²) in [5.74, 6) is -0.973. The van der Waals surface area contributed by atoms with Gasteiger partial charge in [-0.05, 0) is 42.5 Å². The van der Waals surface area contributed by atoms with Crippen molar-refractivity contribution in [1.29, 1.82) is 5.26 Å². The summed E-state index contributed by atoms with van der Waals surface area (Å²) in [6, 6.07) is 13.3. The molecule has 0 aliphatic rings. The van der Waals surface area contributed by atoms with Crippen LogP contribution in [0.25, 0.3) is 10.9 Å². The number of benzene rings is 2. The molecule has 0 amide bonds. The minimum atomic E-state index is -4.09. The zero-order valence-electron chi connectivity index (χ0n) is 11.7. The molecule has 3 rings (SSSR count). The summed E-state index contributed by atoms with van der Waals surface area (Å²) >= 11 is 0. The number of pyridine rings is 1. The van der Waals surface area contributed by atoms with Crippen LogP contribution in [0.2, 0.25) is 0 Å². The molecule has 1 N–H and O–H groups in total. The number of nitriles is 1. The Bertz CT molecular complexity index is 1040. The van der Waals surface area contributed by atoms with Gasteiger partial charge in [-0.1, -0.05) is 6.07 Å². The number of fused-ring (bicyclic) bond motifs is 1.